The Morgan fingerprint density at radius 2 is 2.18 bits per heavy atom. The Morgan fingerprint density at radius 1 is 1.64 bits per heavy atom. The minimum atomic E-state index is -1.42. The van der Waals surface area contributed by atoms with E-state index in [-0.39, 0.29) is 13.0 Å². The van der Waals surface area contributed by atoms with E-state index in [0.29, 0.717) is 0 Å². The second kappa shape index (κ2) is 5.35. The Kier molecular flexibility index (Phi) is 5.19. The standard InChI is InChI=1S/C6H11ClO4/c1-2-11-5(9)3-4(8)6(7)10/h4,6,8,10H,2-3H2,1H3. The van der Waals surface area contributed by atoms with E-state index in [4.69, 9.17) is 21.8 Å². The molecule has 11 heavy (non-hydrogen) atoms. The van der Waals surface area contributed by atoms with E-state index in [9.17, 15) is 4.79 Å². The maximum Gasteiger partial charge on any atom is 0.308 e. The molecule has 0 aliphatic heterocycles. The summed E-state index contributed by atoms with van der Waals surface area (Å²) in [6.07, 6.45) is -1.53. The van der Waals surface area contributed by atoms with Gasteiger partial charge < -0.3 is 14.9 Å². The van der Waals surface area contributed by atoms with Gasteiger partial charge in [-0.15, -0.1) is 0 Å². The predicted molar refractivity (Wildman–Crippen MR) is 39.1 cm³/mol. The summed E-state index contributed by atoms with van der Waals surface area (Å²) in [5.41, 5.74) is -1.42. The van der Waals surface area contributed by atoms with Crippen molar-refractivity contribution in [3.8, 4) is 0 Å². The lowest BCUT2D eigenvalue weighted by Crippen LogP contribution is -2.24. The monoisotopic (exact) mass is 182 g/mol. The summed E-state index contributed by atoms with van der Waals surface area (Å²) in [7, 11) is 0. The minimum absolute atomic E-state index is 0.254. The van der Waals surface area contributed by atoms with Crippen LogP contribution in [0.1, 0.15) is 13.3 Å². The fraction of sp³-hybridized carbons (Fsp3) is 0.833. The summed E-state index contributed by atoms with van der Waals surface area (Å²) in [6, 6.07) is 0. The van der Waals surface area contributed by atoms with Gasteiger partial charge in [0.15, 0.2) is 5.56 Å². The molecule has 0 fully saturated rings. The zero-order valence-corrected chi connectivity index (χ0v) is 6.91. The first kappa shape index (κ1) is 10.7. The molecule has 0 aliphatic carbocycles. The average molecular weight is 183 g/mol. The van der Waals surface area contributed by atoms with Gasteiger partial charge in [0.05, 0.1) is 13.0 Å². The van der Waals surface area contributed by atoms with Crippen molar-refractivity contribution in [3.63, 3.8) is 0 Å². The maximum absolute atomic E-state index is 10.6. The van der Waals surface area contributed by atoms with Gasteiger partial charge in [-0.1, -0.05) is 11.6 Å². The molecule has 0 aromatic rings. The number of aliphatic hydroxyl groups excluding tert-OH is 2. The lowest BCUT2D eigenvalue weighted by Gasteiger charge is -2.09. The van der Waals surface area contributed by atoms with Crippen LogP contribution in [-0.2, 0) is 9.53 Å². The fourth-order valence-corrected chi connectivity index (χ4v) is 0.577. The smallest absolute Gasteiger partial charge is 0.308 e. The van der Waals surface area contributed by atoms with Gasteiger partial charge in [0.25, 0.3) is 0 Å². The first-order valence-corrected chi connectivity index (χ1v) is 3.67. The van der Waals surface area contributed by atoms with Crippen LogP contribution in [0, 0.1) is 0 Å². The molecule has 2 N–H and O–H groups in total. The molecule has 0 saturated heterocycles. The molecule has 4 nitrogen and oxygen atoms in total. The molecule has 0 radical (unpaired) electrons. The van der Waals surface area contributed by atoms with E-state index in [1.807, 2.05) is 0 Å². The maximum atomic E-state index is 10.6. The van der Waals surface area contributed by atoms with Gasteiger partial charge in [-0.25, -0.2) is 0 Å². The normalized spacial score (nSPS) is 15.6. The van der Waals surface area contributed by atoms with Crippen molar-refractivity contribution in [1.82, 2.24) is 0 Å². The fourth-order valence-electron chi connectivity index (χ4n) is 0.488. The Labute approximate surface area is 69.7 Å². The van der Waals surface area contributed by atoms with Crippen LogP contribution in [-0.4, -0.2) is 34.5 Å². The van der Waals surface area contributed by atoms with Gasteiger partial charge >= 0.3 is 5.97 Å². The Balaban J connectivity index is 3.57. The van der Waals surface area contributed by atoms with Crippen molar-refractivity contribution in [2.45, 2.75) is 25.0 Å². The van der Waals surface area contributed by atoms with Crippen molar-refractivity contribution in [2.75, 3.05) is 6.61 Å². The molecule has 0 bridgehead atoms. The highest BCUT2D eigenvalue weighted by atomic mass is 35.5. The van der Waals surface area contributed by atoms with Gasteiger partial charge in [0.2, 0.25) is 0 Å². The number of carbonyl (C=O) groups excluding carboxylic acids is 1. The summed E-state index contributed by atoms with van der Waals surface area (Å²) in [5.74, 6) is -0.570. The number of aliphatic hydroxyl groups is 2. The van der Waals surface area contributed by atoms with Crippen LogP contribution in [0.25, 0.3) is 0 Å². The topological polar surface area (TPSA) is 66.8 Å². The molecule has 0 saturated carbocycles. The number of carbonyl (C=O) groups is 1. The van der Waals surface area contributed by atoms with Crippen LogP contribution in [0.3, 0.4) is 0 Å². The molecule has 0 rings (SSSR count). The number of alkyl halides is 1. The van der Waals surface area contributed by atoms with E-state index in [0.717, 1.165) is 0 Å². The molecule has 2 atom stereocenters. The third kappa shape index (κ3) is 5.01. The molecule has 0 aromatic heterocycles. The van der Waals surface area contributed by atoms with Crippen LogP contribution in [0.4, 0.5) is 0 Å². The van der Waals surface area contributed by atoms with Gasteiger partial charge in [-0.3, -0.25) is 4.79 Å². The van der Waals surface area contributed by atoms with Crippen LogP contribution in [0.2, 0.25) is 0 Å². The molecular weight excluding hydrogens is 172 g/mol. The van der Waals surface area contributed by atoms with E-state index in [1.54, 1.807) is 6.92 Å². The SMILES string of the molecule is CCOC(=O)CC(O)C(O)Cl. The molecule has 0 aromatic carbocycles. The predicted octanol–water partition coefficient (Wildman–Crippen LogP) is -0.142. The second-order valence-electron chi connectivity index (χ2n) is 1.95. The summed E-state index contributed by atoms with van der Waals surface area (Å²) in [5, 5.41) is 17.4. The lowest BCUT2D eigenvalue weighted by molar-refractivity contribution is -0.146. The highest BCUT2D eigenvalue weighted by molar-refractivity contribution is 6.19. The number of esters is 1. The van der Waals surface area contributed by atoms with Crippen LogP contribution < -0.4 is 0 Å². The molecule has 0 spiro atoms. The third-order valence-corrected chi connectivity index (χ3v) is 1.29. The van der Waals surface area contributed by atoms with Gasteiger partial charge in [-0.05, 0) is 6.92 Å². The van der Waals surface area contributed by atoms with Crippen LogP contribution >= 0.6 is 11.6 Å². The molecule has 2 unspecified atom stereocenters. The number of halogens is 1. The van der Waals surface area contributed by atoms with Crippen molar-refractivity contribution in [1.29, 1.82) is 0 Å². The molecule has 0 amide bonds. The molecule has 0 heterocycles. The summed E-state index contributed by atoms with van der Waals surface area (Å²) in [4.78, 5) is 10.6. The van der Waals surface area contributed by atoms with Crippen LogP contribution in [0.15, 0.2) is 0 Å². The third-order valence-electron chi connectivity index (χ3n) is 0.999. The minimum Gasteiger partial charge on any atom is -0.466 e. The van der Waals surface area contributed by atoms with Crippen molar-refractivity contribution in [3.05, 3.63) is 0 Å². The quantitative estimate of drug-likeness (QED) is 0.469. The summed E-state index contributed by atoms with van der Waals surface area (Å²) in [6.45, 7) is 1.91. The molecule has 0 aliphatic rings. The zero-order chi connectivity index (χ0) is 8.85. The largest absolute Gasteiger partial charge is 0.466 e. The Hall–Kier alpha value is -0.320. The van der Waals surface area contributed by atoms with E-state index in [1.165, 1.54) is 0 Å². The van der Waals surface area contributed by atoms with E-state index < -0.39 is 17.6 Å². The van der Waals surface area contributed by atoms with Crippen molar-refractivity contribution in [2.24, 2.45) is 0 Å². The summed E-state index contributed by atoms with van der Waals surface area (Å²) >= 11 is 5.07. The van der Waals surface area contributed by atoms with Crippen molar-refractivity contribution >= 4 is 17.6 Å². The highest BCUT2D eigenvalue weighted by Crippen LogP contribution is 2.03. The average Bonchev–Trinajstić information content (AvgIpc) is 1.87. The van der Waals surface area contributed by atoms with E-state index >= 15 is 0 Å². The molecule has 66 valence electrons. The number of hydrogen-bond acceptors (Lipinski definition) is 4. The number of hydrogen-bond donors (Lipinski definition) is 2. The number of ether oxygens (including phenoxy) is 1. The first-order valence-electron chi connectivity index (χ1n) is 3.23. The molecule has 5 heteroatoms. The Morgan fingerprint density at radius 3 is 2.55 bits per heavy atom. The Bertz CT molecular complexity index is 126. The van der Waals surface area contributed by atoms with Gasteiger partial charge in [0.1, 0.15) is 6.10 Å². The second-order valence-corrected chi connectivity index (χ2v) is 2.40. The molecular formula is C6H11ClO4. The van der Waals surface area contributed by atoms with Gasteiger partial charge in [0, 0.05) is 0 Å². The van der Waals surface area contributed by atoms with Crippen molar-refractivity contribution < 1.29 is 19.7 Å². The number of rotatable bonds is 4. The zero-order valence-electron chi connectivity index (χ0n) is 6.16. The van der Waals surface area contributed by atoms with E-state index in [2.05, 4.69) is 4.74 Å². The lowest BCUT2D eigenvalue weighted by atomic mass is 10.3. The van der Waals surface area contributed by atoms with Gasteiger partial charge in [-0.2, -0.15) is 0 Å². The first-order chi connectivity index (χ1) is 5.07. The summed E-state index contributed by atoms with van der Waals surface area (Å²) < 4.78 is 4.49. The van der Waals surface area contributed by atoms with Crippen LogP contribution in [0.5, 0.6) is 0 Å². The highest BCUT2D eigenvalue weighted by Gasteiger charge is 2.17.